The summed E-state index contributed by atoms with van der Waals surface area (Å²) in [6, 6.07) is 14.2. The van der Waals surface area contributed by atoms with E-state index in [4.69, 9.17) is 11.6 Å². The van der Waals surface area contributed by atoms with Crippen molar-refractivity contribution < 1.29 is 9.59 Å². The average molecular weight is 364 g/mol. The van der Waals surface area contributed by atoms with E-state index in [1.54, 1.807) is 36.0 Å². The van der Waals surface area contributed by atoms with E-state index in [0.717, 1.165) is 4.90 Å². The molecule has 0 saturated carbocycles. The lowest BCUT2D eigenvalue weighted by Crippen LogP contribution is -2.24. The number of nitrogens with one attached hydrogen (secondary N) is 3. The van der Waals surface area contributed by atoms with E-state index < -0.39 is 0 Å². The van der Waals surface area contributed by atoms with Gasteiger partial charge in [-0.3, -0.25) is 4.79 Å². The van der Waals surface area contributed by atoms with Crippen LogP contribution in [0.5, 0.6) is 0 Å². The van der Waals surface area contributed by atoms with Gasteiger partial charge in [0.2, 0.25) is 5.91 Å². The quantitative estimate of drug-likeness (QED) is 0.673. The van der Waals surface area contributed by atoms with Gasteiger partial charge in [-0.05, 0) is 30.3 Å². The minimum atomic E-state index is -0.311. The zero-order valence-electron chi connectivity index (χ0n) is 13.1. The second-order valence-electron chi connectivity index (χ2n) is 4.86. The molecular weight excluding hydrogens is 346 g/mol. The summed E-state index contributed by atoms with van der Waals surface area (Å²) in [7, 11) is 1.54. The predicted molar refractivity (Wildman–Crippen MR) is 99.9 cm³/mol. The Balaban J connectivity index is 1.83. The first-order valence-corrected chi connectivity index (χ1v) is 8.71. The summed E-state index contributed by atoms with van der Waals surface area (Å²) >= 11 is 7.62. The molecule has 0 aliphatic heterocycles. The number of anilines is 2. The van der Waals surface area contributed by atoms with Gasteiger partial charge >= 0.3 is 6.03 Å². The van der Waals surface area contributed by atoms with Crippen LogP contribution in [0.3, 0.4) is 0 Å². The predicted octanol–water partition coefficient (Wildman–Crippen LogP) is 4.21. The van der Waals surface area contributed by atoms with Crippen LogP contribution in [0.4, 0.5) is 16.2 Å². The number of urea groups is 1. The highest BCUT2D eigenvalue weighted by atomic mass is 35.5. The standard InChI is InChI=1S/C17H18ClN3O2S/c1-19-17(23)21-13-6-4-5-12(11-13)20-16(22)9-10-24-15-8-3-2-7-14(15)18/h2-8,11H,9-10H2,1H3,(H,20,22)(H2,19,21,23). The second-order valence-corrected chi connectivity index (χ2v) is 6.41. The van der Waals surface area contributed by atoms with Gasteiger partial charge in [0.25, 0.3) is 0 Å². The lowest BCUT2D eigenvalue weighted by molar-refractivity contribution is -0.115. The highest BCUT2D eigenvalue weighted by Gasteiger charge is 2.06. The van der Waals surface area contributed by atoms with Gasteiger partial charge in [0.15, 0.2) is 0 Å². The van der Waals surface area contributed by atoms with Gasteiger partial charge < -0.3 is 16.0 Å². The van der Waals surface area contributed by atoms with Crippen LogP contribution in [0, 0.1) is 0 Å². The summed E-state index contributed by atoms with van der Waals surface area (Å²) in [6.45, 7) is 0. The Morgan fingerprint density at radius 3 is 2.46 bits per heavy atom. The Hall–Kier alpha value is -2.18. The number of halogens is 1. The van der Waals surface area contributed by atoms with Crippen molar-refractivity contribution in [2.45, 2.75) is 11.3 Å². The van der Waals surface area contributed by atoms with Crippen molar-refractivity contribution in [3.8, 4) is 0 Å². The Kier molecular flexibility index (Phi) is 6.96. The van der Waals surface area contributed by atoms with Crippen LogP contribution in [0.1, 0.15) is 6.42 Å². The third-order valence-electron chi connectivity index (χ3n) is 3.05. The van der Waals surface area contributed by atoms with Crippen LogP contribution < -0.4 is 16.0 Å². The first-order valence-electron chi connectivity index (χ1n) is 7.34. The molecule has 0 radical (unpaired) electrons. The van der Waals surface area contributed by atoms with E-state index in [2.05, 4.69) is 16.0 Å². The SMILES string of the molecule is CNC(=O)Nc1cccc(NC(=O)CCSc2ccccc2Cl)c1. The van der Waals surface area contributed by atoms with E-state index in [-0.39, 0.29) is 11.9 Å². The van der Waals surface area contributed by atoms with Gasteiger partial charge in [0.1, 0.15) is 0 Å². The molecule has 0 aliphatic rings. The average Bonchev–Trinajstić information content (AvgIpc) is 2.57. The highest BCUT2D eigenvalue weighted by molar-refractivity contribution is 7.99. The zero-order valence-corrected chi connectivity index (χ0v) is 14.7. The number of hydrogen-bond donors (Lipinski definition) is 3. The number of benzene rings is 2. The number of rotatable bonds is 6. The summed E-state index contributed by atoms with van der Waals surface area (Å²) < 4.78 is 0. The van der Waals surface area contributed by atoms with Gasteiger partial charge in [-0.2, -0.15) is 0 Å². The Morgan fingerprint density at radius 2 is 1.75 bits per heavy atom. The molecule has 0 aromatic heterocycles. The lowest BCUT2D eigenvalue weighted by atomic mass is 10.2. The van der Waals surface area contributed by atoms with Crippen molar-refractivity contribution in [2.24, 2.45) is 0 Å². The molecule has 2 aromatic carbocycles. The molecule has 3 N–H and O–H groups in total. The fourth-order valence-electron chi connectivity index (χ4n) is 1.91. The fraction of sp³-hybridized carbons (Fsp3) is 0.176. The molecule has 0 aliphatic carbocycles. The molecule has 0 atom stereocenters. The van der Waals surface area contributed by atoms with Crippen molar-refractivity contribution in [1.82, 2.24) is 5.32 Å². The summed E-state index contributed by atoms with van der Waals surface area (Å²) in [5.74, 6) is 0.540. The molecule has 2 aromatic rings. The topological polar surface area (TPSA) is 70.2 Å². The number of amides is 3. The van der Waals surface area contributed by atoms with E-state index in [0.29, 0.717) is 28.6 Å². The fourth-order valence-corrected chi connectivity index (χ4v) is 3.09. The molecule has 0 bridgehead atoms. The molecule has 0 heterocycles. The number of carbonyl (C=O) groups is 2. The molecule has 126 valence electrons. The van der Waals surface area contributed by atoms with Crippen molar-refractivity contribution in [1.29, 1.82) is 0 Å². The molecule has 0 spiro atoms. The molecule has 3 amide bonds. The maximum Gasteiger partial charge on any atom is 0.318 e. The molecular formula is C17H18ClN3O2S. The van der Waals surface area contributed by atoms with Crippen molar-refractivity contribution in [2.75, 3.05) is 23.4 Å². The maximum absolute atomic E-state index is 12.0. The van der Waals surface area contributed by atoms with Crippen molar-refractivity contribution in [3.63, 3.8) is 0 Å². The van der Waals surface area contributed by atoms with E-state index in [9.17, 15) is 9.59 Å². The highest BCUT2D eigenvalue weighted by Crippen LogP contribution is 2.27. The normalized spacial score (nSPS) is 10.1. The van der Waals surface area contributed by atoms with Gasteiger partial charge in [-0.1, -0.05) is 29.8 Å². The summed E-state index contributed by atoms with van der Waals surface area (Å²) in [5, 5.41) is 8.63. The Labute approximate surface area is 150 Å². The number of carbonyl (C=O) groups excluding carboxylic acids is 2. The summed E-state index contributed by atoms with van der Waals surface area (Å²) in [6.07, 6.45) is 0.364. The van der Waals surface area contributed by atoms with Crippen molar-refractivity contribution >= 4 is 46.7 Å². The monoisotopic (exact) mass is 363 g/mol. The van der Waals surface area contributed by atoms with Crippen LogP contribution >= 0.6 is 23.4 Å². The maximum atomic E-state index is 12.0. The molecule has 24 heavy (non-hydrogen) atoms. The molecule has 2 rings (SSSR count). The van der Waals surface area contributed by atoms with E-state index >= 15 is 0 Å². The number of thioether (sulfide) groups is 1. The van der Waals surface area contributed by atoms with Crippen molar-refractivity contribution in [3.05, 3.63) is 53.6 Å². The first-order chi connectivity index (χ1) is 11.6. The lowest BCUT2D eigenvalue weighted by Gasteiger charge is -2.09. The van der Waals surface area contributed by atoms with Crippen LogP contribution in [-0.4, -0.2) is 24.7 Å². The molecule has 0 fully saturated rings. The first kappa shape index (κ1) is 18.2. The summed E-state index contributed by atoms with van der Waals surface area (Å²) in [4.78, 5) is 24.3. The molecule has 7 heteroatoms. The minimum absolute atomic E-state index is 0.0911. The molecule has 0 saturated heterocycles. The molecule has 0 unspecified atom stereocenters. The second kappa shape index (κ2) is 9.20. The number of hydrogen-bond acceptors (Lipinski definition) is 3. The van der Waals surface area contributed by atoms with Crippen LogP contribution in [0.15, 0.2) is 53.4 Å². The van der Waals surface area contributed by atoms with Crippen LogP contribution in [-0.2, 0) is 4.79 Å². The smallest absolute Gasteiger partial charge is 0.318 e. The van der Waals surface area contributed by atoms with E-state index in [1.807, 2.05) is 24.3 Å². The van der Waals surface area contributed by atoms with Gasteiger partial charge in [-0.25, -0.2) is 4.79 Å². The Morgan fingerprint density at radius 1 is 1.04 bits per heavy atom. The van der Waals surface area contributed by atoms with Gasteiger partial charge in [0.05, 0.1) is 5.02 Å². The summed E-state index contributed by atoms with van der Waals surface area (Å²) in [5.41, 5.74) is 1.24. The third-order valence-corrected chi connectivity index (χ3v) is 4.57. The third kappa shape index (κ3) is 5.79. The Bertz CT molecular complexity index is 724. The van der Waals surface area contributed by atoms with Crippen LogP contribution in [0.25, 0.3) is 0 Å². The van der Waals surface area contributed by atoms with Crippen LogP contribution in [0.2, 0.25) is 5.02 Å². The zero-order chi connectivity index (χ0) is 17.4. The minimum Gasteiger partial charge on any atom is -0.341 e. The largest absolute Gasteiger partial charge is 0.341 e. The van der Waals surface area contributed by atoms with E-state index in [1.165, 1.54) is 7.05 Å². The van der Waals surface area contributed by atoms with Gasteiger partial charge in [0, 0.05) is 35.5 Å². The van der Waals surface area contributed by atoms with Gasteiger partial charge in [-0.15, -0.1) is 11.8 Å². The molecule has 5 nitrogen and oxygen atoms in total.